The summed E-state index contributed by atoms with van der Waals surface area (Å²) in [4.78, 5) is 0. The summed E-state index contributed by atoms with van der Waals surface area (Å²) in [6.45, 7) is 10.9. The molecular weight excluding hydrogens is 244 g/mol. The van der Waals surface area contributed by atoms with Crippen LogP contribution in [0, 0.1) is 23.7 Å². The van der Waals surface area contributed by atoms with Crippen molar-refractivity contribution < 1.29 is 5.11 Å². The van der Waals surface area contributed by atoms with Crippen molar-refractivity contribution in [1.82, 2.24) is 0 Å². The Hall–Kier alpha value is -0.0400. The number of hydrogen-bond donors (Lipinski definition) is 1. The molecular formula is C19H40O. The first kappa shape index (κ1) is 20.0. The Kier molecular flexibility index (Phi) is 9.06. The molecule has 0 amide bonds. The molecule has 0 atom stereocenters. The Balaban J connectivity index is 0.000000359. The van der Waals surface area contributed by atoms with Crippen LogP contribution in [0.5, 0.6) is 0 Å². The van der Waals surface area contributed by atoms with E-state index in [0.717, 1.165) is 17.8 Å². The Morgan fingerprint density at radius 3 is 1.15 bits per heavy atom. The second-order valence-corrected chi connectivity index (χ2v) is 7.98. The quantitative estimate of drug-likeness (QED) is 0.621. The molecule has 1 nitrogen and oxygen atoms in total. The van der Waals surface area contributed by atoms with E-state index in [9.17, 15) is 5.11 Å². The van der Waals surface area contributed by atoms with Gasteiger partial charge in [-0.2, -0.15) is 0 Å². The molecule has 2 fully saturated rings. The smallest absolute Gasteiger partial charge is 0.0619 e. The molecule has 0 aromatic carbocycles. The number of rotatable bonds is 1. The second-order valence-electron chi connectivity index (χ2n) is 7.98. The van der Waals surface area contributed by atoms with Crippen LogP contribution in [-0.2, 0) is 0 Å². The average Bonchev–Trinajstić information content (AvgIpc) is 2.33. The molecule has 20 heavy (non-hydrogen) atoms. The van der Waals surface area contributed by atoms with E-state index in [4.69, 9.17) is 0 Å². The topological polar surface area (TPSA) is 20.2 Å². The Labute approximate surface area is 128 Å². The van der Waals surface area contributed by atoms with Gasteiger partial charge in [0.05, 0.1) is 5.60 Å². The lowest BCUT2D eigenvalue weighted by atomic mass is 9.75. The summed E-state index contributed by atoms with van der Waals surface area (Å²) in [7, 11) is 0. The first-order chi connectivity index (χ1) is 8.79. The molecule has 0 aliphatic heterocycles. The molecule has 0 saturated heterocycles. The van der Waals surface area contributed by atoms with E-state index >= 15 is 0 Å². The highest BCUT2D eigenvalue weighted by molar-refractivity contribution is 4.81. The largest absolute Gasteiger partial charge is 0.390 e. The molecule has 0 aromatic rings. The van der Waals surface area contributed by atoms with Crippen molar-refractivity contribution in [1.29, 1.82) is 0 Å². The molecule has 2 rings (SSSR count). The zero-order valence-corrected chi connectivity index (χ0v) is 13.9. The van der Waals surface area contributed by atoms with E-state index in [1.165, 1.54) is 51.4 Å². The molecule has 122 valence electrons. The van der Waals surface area contributed by atoms with Crippen LogP contribution in [0.25, 0.3) is 0 Å². The van der Waals surface area contributed by atoms with Crippen LogP contribution in [0.2, 0.25) is 0 Å². The summed E-state index contributed by atoms with van der Waals surface area (Å²) < 4.78 is 0. The molecule has 2 saturated carbocycles. The predicted octanol–water partition coefficient (Wildman–Crippen LogP) is 6.05. The van der Waals surface area contributed by atoms with Gasteiger partial charge in [0.15, 0.2) is 0 Å². The van der Waals surface area contributed by atoms with Crippen molar-refractivity contribution in [3.63, 3.8) is 0 Å². The fraction of sp³-hybridized carbons (Fsp3) is 1.00. The highest BCUT2D eigenvalue weighted by Gasteiger charge is 2.29. The summed E-state index contributed by atoms with van der Waals surface area (Å²) in [6.07, 6.45) is 10.9. The minimum atomic E-state index is -0.444. The summed E-state index contributed by atoms with van der Waals surface area (Å²) in [5.41, 5.74) is -0.444. The standard InChI is InChI=1S/C10H20O.C8H16.CH4/c1-8-4-6-9(7-5-8)10(2,3)11;1-7-3-5-8(2)6-4-7;/h8-9,11H,4-7H2,1-3H3;7-8H,3-6H2,1-2H3;1H4. The maximum absolute atomic E-state index is 9.73. The predicted molar refractivity (Wildman–Crippen MR) is 90.9 cm³/mol. The zero-order chi connectivity index (χ0) is 14.5. The fourth-order valence-electron chi connectivity index (χ4n) is 3.39. The van der Waals surface area contributed by atoms with Crippen LogP contribution in [0.1, 0.15) is 93.4 Å². The van der Waals surface area contributed by atoms with Crippen LogP contribution >= 0.6 is 0 Å². The number of aliphatic hydroxyl groups is 1. The minimum absolute atomic E-state index is 0. The van der Waals surface area contributed by atoms with Gasteiger partial charge in [0.1, 0.15) is 0 Å². The summed E-state index contributed by atoms with van der Waals surface area (Å²) in [5.74, 6) is 3.46. The maximum Gasteiger partial charge on any atom is 0.0619 e. The lowest BCUT2D eigenvalue weighted by Gasteiger charge is -2.34. The van der Waals surface area contributed by atoms with E-state index in [2.05, 4.69) is 20.8 Å². The molecule has 0 radical (unpaired) electrons. The molecule has 1 N–H and O–H groups in total. The van der Waals surface area contributed by atoms with Crippen LogP contribution in [0.4, 0.5) is 0 Å². The van der Waals surface area contributed by atoms with Crippen molar-refractivity contribution >= 4 is 0 Å². The normalized spacial score (nSPS) is 34.5. The molecule has 2 aliphatic carbocycles. The van der Waals surface area contributed by atoms with E-state index in [0.29, 0.717) is 5.92 Å². The van der Waals surface area contributed by atoms with Gasteiger partial charge in [-0.05, 0) is 50.4 Å². The molecule has 2 aliphatic rings. The van der Waals surface area contributed by atoms with Crippen LogP contribution in [0.15, 0.2) is 0 Å². The first-order valence-corrected chi connectivity index (χ1v) is 8.51. The first-order valence-electron chi connectivity index (χ1n) is 8.51. The van der Waals surface area contributed by atoms with Crippen LogP contribution in [0.3, 0.4) is 0 Å². The summed E-state index contributed by atoms with van der Waals surface area (Å²) in [6, 6.07) is 0. The van der Waals surface area contributed by atoms with Gasteiger partial charge in [0, 0.05) is 0 Å². The van der Waals surface area contributed by atoms with E-state index in [1.54, 1.807) is 0 Å². The maximum atomic E-state index is 9.73. The van der Waals surface area contributed by atoms with Gasteiger partial charge in [0.25, 0.3) is 0 Å². The highest BCUT2D eigenvalue weighted by Crippen LogP contribution is 2.34. The lowest BCUT2D eigenvalue weighted by Crippen LogP contribution is -2.33. The van der Waals surface area contributed by atoms with Gasteiger partial charge >= 0.3 is 0 Å². The lowest BCUT2D eigenvalue weighted by molar-refractivity contribution is -0.00466. The van der Waals surface area contributed by atoms with Gasteiger partial charge in [-0.15, -0.1) is 0 Å². The molecule has 0 unspecified atom stereocenters. The minimum Gasteiger partial charge on any atom is -0.390 e. The van der Waals surface area contributed by atoms with Gasteiger partial charge in [-0.25, -0.2) is 0 Å². The SMILES string of the molecule is C.CC1CCC(C(C)(C)O)CC1.CC1CCC(C)CC1. The van der Waals surface area contributed by atoms with Gasteiger partial charge in [0.2, 0.25) is 0 Å². The third-order valence-corrected chi connectivity index (χ3v) is 5.32. The Morgan fingerprint density at radius 1 is 0.650 bits per heavy atom. The van der Waals surface area contributed by atoms with E-state index in [-0.39, 0.29) is 7.43 Å². The fourth-order valence-corrected chi connectivity index (χ4v) is 3.39. The number of hydrogen-bond acceptors (Lipinski definition) is 1. The Morgan fingerprint density at radius 2 is 0.900 bits per heavy atom. The third-order valence-electron chi connectivity index (χ3n) is 5.32. The zero-order valence-electron chi connectivity index (χ0n) is 13.9. The van der Waals surface area contributed by atoms with Gasteiger partial charge < -0.3 is 5.11 Å². The Bertz CT molecular complexity index is 215. The van der Waals surface area contributed by atoms with Crippen molar-refractivity contribution in [2.75, 3.05) is 0 Å². The van der Waals surface area contributed by atoms with Crippen LogP contribution < -0.4 is 0 Å². The molecule has 0 bridgehead atoms. The molecule has 1 heteroatoms. The highest BCUT2D eigenvalue weighted by atomic mass is 16.3. The monoisotopic (exact) mass is 284 g/mol. The van der Waals surface area contributed by atoms with Crippen molar-refractivity contribution in [3.05, 3.63) is 0 Å². The van der Waals surface area contributed by atoms with Crippen LogP contribution in [-0.4, -0.2) is 10.7 Å². The third kappa shape index (κ3) is 7.67. The van der Waals surface area contributed by atoms with Crippen molar-refractivity contribution in [3.8, 4) is 0 Å². The van der Waals surface area contributed by atoms with E-state index in [1.807, 2.05) is 13.8 Å². The van der Waals surface area contributed by atoms with Gasteiger partial charge in [-0.3, -0.25) is 0 Å². The molecule has 0 spiro atoms. The van der Waals surface area contributed by atoms with Gasteiger partial charge in [-0.1, -0.05) is 66.7 Å². The van der Waals surface area contributed by atoms with Crippen molar-refractivity contribution in [2.45, 2.75) is 99.0 Å². The van der Waals surface area contributed by atoms with Crippen molar-refractivity contribution in [2.24, 2.45) is 23.7 Å². The molecule has 0 aromatic heterocycles. The summed E-state index contributed by atoms with van der Waals surface area (Å²) >= 11 is 0. The van der Waals surface area contributed by atoms with E-state index < -0.39 is 5.60 Å². The second kappa shape index (κ2) is 9.07. The molecule has 0 heterocycles. The summed E-state index contributed by atoms with van der Waals surface area (Å²) in [5, 5.41) is 9.73. The average molecular weight is 285 g/mol.